The normalized spacial score (nSPS) is 13.9. The van der Waals surface area contributed by atoms with Crippen LogP contribution in [0.1, 0.15) is 331 Å². The predicted octanol–water partition coefficient (Wildman–Crippen LogP) is 19.2. The number of rotatable bonds is 55. The van der Waals surface area contributed by atoms with E-state index in [0.29, 0.717) is 31.4 Å². The van der Waals surface area contributed by atoms with Gasteiger partial charge in [-0.25, -0.2) is 0 Å². The lowest BCUT2D eigenvalue weighted by molar-refractivity contribution is -0.144. The minimum atomic E-state index is -0.00486. The monoisotopic (exact) mass is 1030 g/mol. The summed E-state index contributed by atoms with van der Waals surface area (Å²) >= 11 is 0. The zero-order chi connectivity index (χ0) is 53.3. The van der Waals surface area contributed by atoms with E-state index in [4.69, 9.17) is 4.74 Å². The highest BCUT2D eigenvalue weighted by molar-refractivity contribution is 5.78. The van der Waals surface area contributed by atoms with Crippen molar-refractivity contribution in [2.24, 2.45) is 5.92 Å². The average molecular weight is 1030 g/mol. The van der Waals surface area contributed by atoms with Gasteiger partial charge in [-0.15, -0.1) is 0 Å². The number of hydrogen-bond donors (Lipinski definition) is 0. The van der Waals surface area contributed by atoms with Crippen molar-refractivity contribution in [1.29, 1.82) is 0 Å². The van der Waals surface area contributed by atoms with Crippen molar-refractivity contribution in [3.8, 4) is 0 Å². The predicted molar refractivity (Wildman–Crippen MR) is 323 cm³/mol. The van der Waals surface area contributed by atoms with Gasteiger partial charge in [-0.3, -0.25) is 14.5 Å². The van der Waals surface area contributed by atoms with Gasteiger partial charge in [0.25, 0.3) is 0 Å². The van der Waals surface area contributed by atoms with E-state index in [2.05, 4.69) is 68.1 Å². The molecular formula is C66H134N4O3. The van der Waals surface area contributed by atoms with Crippen LogP contribution in [0.3, 0.4) is 0 Å². The summed E-state index contributed by atoms with van der Waals surface area (Å²) in [6, 6.07) is 0. The fraction of sp³-hybridized carbons (Fsp3) is 0.970. The van der Waals surface area contributed by atoms with Crippen molar-refractivity contribution in [3.05, 3.63) is 0 Å². The minimum Gasteiger partial charge on any atom is -0.466 e. The van der Waals surface area contributed by atoms with Crippen LogP contribution in [0.15, 0.2) is 0 Å². The fourth-order valence-corrected chi connectivity index (χ4v) is 10.7. The van der Waals surface area contributed by atoms with Crippen LogP contribution >= 0.6 is 0 Å². The maximum Gasteiger partial charge on any atom is 0.305 e. The molecule has 7 nitrogen and oxygen atoms in total. The van der Waals surface area contributed by atoms with Crippen LogP contribution in [0.5, 0.6) is 0 Å². The van der Waals surface area contributed by atoms with Gasteiger partial charge in [0.05, 0.1) is 13.2 Å². The van der Waals surface area contributed by atoms with Crippen molar-refractivity contribution >= 4 is 11.9 Å². The summed E-state index contributed by atoms with van der Waals surface area (Å²) in [5, 5.41) is 0. The van der Waals surface area contributed by atoms with Crippen LogP contribution in [0.2, 0.25) is 0 Å². The third kappa shape index (κ3) is 50.1. The Morgan fingerprint density at radius 3 is 1.15 bits per heavy atom. The number of ether oxygens (including phenoxy) is 1. The molecule has 1 saturated heterocycles. The number of piperidine rings is 1. The molecule has 0 aliphatic carbocycles. The first-order chi connectivity index (χ1) is 35.9. The summed E-state index contributed by atoms with van der Waals surface area (Å²) in [5.41, 5.74) is 0. The van der Waals surface area contributed by atoms with Gasteiger partial charge >= 0.3 is 5.97 Å². The van der Waals surface area contributed by atoms with E-state index in [9.17, 15) is 9.59 Å². The summed E-state index contributed by atoms with van der Waals surface area (Å²) in [5.74, 6) is 0.964. The van der Waals surface area contributed by atoms with Crippen molar-refractivity contribution < 1.29 is 14.3 Å². The summed E-state index contributed by atoms with van der Waals surface area (Å²) in [7, 11) is 0. The standard InChI is InChI=1S/C62H124N4O3.C4H10/c1-6-11-16-21-25-26-27-28-29-32-35-39-48-63(51-42-43-57-69-62(68)46-37-33-24-19-14-9-4)54-47-60-45-44-53-66(58-60)61(67)59-65(52-41-36-31-23-18-13-8-3)56-55-64(49-38-20-15-10-5)50-40-34-30-22-17-12-7-2;1-3-4-2/h60H,6-59H2,1-5H3;3-4H2,1-2H3. The molecule has 1 heterocycles. The summed E-state index contributed by atoms with van der Waals surface area (Å²) in [4.78, 5) is 36.9. The lowest BCUT2D eigenvalue weighted by atomic mass is 9.94. The van der Waals surface area contributed by atoms with Crippen LogP contribution in [0.25, 0.3) is 0 Å². The van der Waals surface area contributed by atoms with Gasteiger partial charge in [0.15, 0.2) is 0 Å². The first-order valence-corrected chi connectivity index (χ1v) is 33.5. The molecular weight excluding hydrogens is 897 g/mol. The third-order valence-corrected chi connectivity index (χ3v) is 16.0. The summed E-state index contributed by atoms with van der Waals surface area (Å²) < 4.78 is 5.67. The van der Waals surface area contributed by atoms with Crippen molar-refractivity contribution in [2.45, 2.75) is 331 Å². The SMILES string of the molecule is CCCC.CCCCCCCCCCCCCCN(CCCCOC(=O)CCCCCCCC)CCC1CCCN(C(=O)CN(CCCCCCCCC)CCN(CCCCCC)CCCCCCCCC)C1. The highest BCUT2D eigenvalue weighted by Gasteiger charge is 2.26. The molecule has 1 rings (SSSR count). The molecule has 0 spiro atoms. The van der Waals surface area contributed by atoms with Gasteiger partial charge in [0.1, 0.15) is 0 Å². The highest BCUT2D eigenvalue weighted by atomic mass is 16.5. The van der Waals surface area contributed by atoms with E-state index >= 15 is 0 Å². The maximum atomic E-state index is 14.2. The fourth-order valence-electron chi connectivity index (χ4n) is 10.7. The Hall–Kier alpha value is -1.18. The molecule has 0 radical (unpaired) electrons. The van der Waals surface area contributed by atoms with E-state index in [1.165, 1.54) is 264 Å². The van der Waals surface area contributed by atoms with E-state index in [1.54, 1.807) is 0 Å². The maximum absolute atomic E-state index is 14.2. The Morgan fingerprint density at radius 1 is 0.384 bits per heavy atom. The van der Waals surface area contributed by atoms with Crippen molar-refractivity contribution in [2.75, 3.05) is 78.6 Å². The molecule has 1 unspecified atom stereocenters. The molecule has 0 aromatic carbocycles. The molecule has 1 amide bonds. The number of amides is 1. The molecule has 1 fully saturated rings. The molecule has 0 N–H and O–H groups in total. The molecule has 1 aliphatic heterocycles. The van der Waals surface area contributed by atoms with Gasteiger partial charge in [-0.2, -0.15) is 0 Å². The Labute approximate surface area is 459 Å². The smallest absolute Gasteiger partial charge is 0.305 e. The Morgan fingerprint density at radius 2 is 0.726 bits per heavy atom. The van der Waals surface area contributed by atoms with Crippen molar-refractivity contribution in [1.82, 2.24) is 19.6 Å². The van der Waals surface area contributed by atoms with Crippen LogP contribution in [0, 0.1) is 5.92 Å². The minimum absolute atomic E-state index is 0.00486. The molecule has 0 aromatic heterocycles. The van der Waals surface area contributed by atoms with Gasteiger partial charge in [-0.1, -0.05) is 260 Å². The van der Waals surface area contributed by atoms with E-state index in [0.717, 1.165) is 77.9 Å². The summed E-state index contributed by atoms with van der Waals surface area (Å²) in [6.07, 6.45) is 56.7. The molecule has 0 aromatic rings. The van der Waals surface area contributed by atoms with E-state index in [-0.39, 0.29) is 5.97 Å². The van der Waals surface area contributed by atoms with Crippen LogP contribution in [-0.2, 0) is 14.3 Å². The topological polar surface area (TPSA) is 56.3 Å². The van der Waals surface area contributed by atoms with E-state index in [1.807, 2.05) is 0 Å². The van der Waals surface area contributed by atoms with Gasteiger partial charge in [-0.05, 0) is 109 Å². The second-order valence-electron chi connectivity index (χ2n) is 23.2. The first-order valence-electron chi connectivity index (χ1n) is 33.5. The molecule has 73 heavy (non-hydrogen) atoms. The lowest BCUT2D eigenvalue weighted by Crippen LogP contribution is -2.47. The number of unbranched alkanes of at least 4 members (excludes halogenated alkanes) is 33. The molecule has 7 heteroatoms. The molecule has 436 valence electrons. The van der Waals surface area contributed by atoms with E-state index < -0.39 is 0 Å². The molecule has 1 aliphatic rings. The largest absolute Gasteiger partial charge is 0.466 e. The number of nitrogens with zero attached hydrogens (tertiary/aromatic N) is 4. The number of hydrogen-bond acceptors (Lipinski definition) is 6. The zero-order valence-electron chi connectivity index (χ0n) is 51.2. The molecule has 1 atom stereocenters. The zero-order valence-corrected chi connectivity index (χ0v) is 51.2. The second-order valence-corrected chi connectivity index (χ2v) is 23.2. The molecule has 0 saturated carbocycles. The molecule has 0 bridgehead atoms. The van der Waals surface area contributed by atoms with Crippen LogP contribution < -0.4 is 0 Å². The number of likely N-dealkylation sites (tertiary alicyclic amines) is 1. The number of esters is 1. The second kappa shape index (κ2) is 58.5. The number of carbonyl (C=O) groups is 2. The number of carbonyl (C=O) groups excluding carboxylic acids is 2. The third-order valence-electron chi connectivity index (χ3n) is 16.0. The van der Waals surface area contributed by atoms with Crippen molar-refractivity contribution in [3.63, 3.8) is 0 Å². The first kappa shape index (κ1) is 71.8. The van der Waals surface area contributed by atoms with Crippen LogP contribution in [-0.4, -0.2) is 110 Å². The highest BCUT2D eigenvalue weighted by Crippen LogP contribution is 2.22. The lowest BCUT2D eigenvalue weighted by Gasteiger charge is -2.36. The van der Waals surface area contributed by atoms with Gasteiger partial charge in [0.2, 0.25) is 5.91 Å². The average Bonchev–Trinajstić information content (AvgIpc) is 3.40. The Balaban J connectivity index is 0.0000125. The Kier molecular flexibility index (Phi) is 57.6. The quantitative estimate of drug-likeness (QED) is 0.0447. The van der Waals surface area contributed by atoms with Gasteiger partial charge in [0, 0.05) is 32.6 Å². The van der Waals surface area contributed by atoms with Gasteiger partial charge < -0.3 is 19.4 Å². The Bertz CT molecular complexity index is 1100. The van der Waals surface area contributed by atoms with Crippen LogP contribution in [0.4, 0.5) is 0 Å². The summed E-state index contributed by atoms with van der Waals surface area (Å²) in [6.45, 7) is 27.9.